The van der Waals surface area contributed by atoms with Gasteiger partial charge in [0.1, 0.15) is 0 Å². The second-order valence-electron chi connectivity index (χ2n) is 14.6. The highest BCUT2D eigenvalue weighted by atomic mass is 19.4. The molecule has 0 bridgehead atoms. The predicted octanol–water partition coefficient (Wildman–Crippen LogP) is 15.4. The minimum atomic E-state index is -4.58. The van der Waals surface area contributed by atoms with Gasteiger partial charge < -0.3 is 0 Å². The molecule has 0 radical (unpaired) electrons. The predicted molar refractivity (Wildman–Crippen MR) is 215 cm³/mol. The van der Waals surface area contributed by atoms with Gasteiger partial charge in [-0.05, 0) is 175 Å². The van der Waals surface area contributed by atoms with Crippen LogP contribution in [-0.2, 0) is 24.7 Å². The fourth-order valence-electron chi connectivity index (χ4n) is 7.58. The second-order valence-corrected chi connectivity index (χ2v) is 14.6. The molecule has 0 fully saturated rings. The molecule has 0 saturated heterocycles. The fourth-order valence-corrected chi connectivity index (χ4v) is 7.58. The lowest BCUT2D eigenvalue weighted by Gasteiger charge is -2.21. The fraction of sp³-hybridized carbons (Fsp3) is 0.0800. The highest BCUT2D eigenvalue weighted by Gasteiger charge is 2.33. The molecule has 306 valence electrons. The Morgan fingerprint density at radius 2 is 0.500 bits per heavy atom. The van der Waals surface area contributed by atoms with Crippen LogP contribution in [0.4, 0.5) is 52.7 Å². The first-order chi connectivity index (χ1) is 29.2. The van der Waals surface area contributed by atoms with E-state index in [9.17, 15) is 52.7 Å². The van der Waals surface area contributed by atoms with Crippen molar-refractivity contribution in [3.63, 3.8) is 0 Å². The maximum absolute atomic E-state index is 13.5. The molecule has 0 aliphatic carbocycles. The SMILES string of the molecule is FC(F)(F)c1ccc(C#Cc2cc3c(cc2-c2ccc(C(F)(F)F)cc2)c2cc4c5cc(C#Cc6ccc(C(F)(F)F)cc6)c(-c6ccc(C(F)(F)F)cc6)cc5c4cc32)cc1. The quantitative estimate of drug-likeness (QED) is 0.120. The zero-order valence-corrected chi connectivity index (χ0v) is 31.2. The van der Waals surface area contributed by atoms with Gasteiger partial charge in [0.2, 0.25) is 0 Å². The van der Waals surface area contributed by atoms with Gasteiger partial charge in [0.05, 0.1) is 22.3 Å². The molecule has 62 heavy (non-hydrogen) atoms. The van der Waals surface area contributed by atoms with Crippen molar-refractivity contribution in [2.24, 2.45) is 0 Å². The van der Waals surface area contributed by atoms with Crippen molar-refractivity contribution in [2.45, 2.75) is 24.7 Å². The Morgan fingerprint density at radius 1 is 0.258 bits per heavy atom. The molecular weight excluding hydrogens is 829 g/mol. The van der Waals surface area contributed by atoms with E-state index in [1.54, 1.807) is 24.3 Å². The van der Waals surface area contributed by atoms with Crippen LogP contribution in [0.2, 0.25) is 0 Å². The van der Waals surface area contributed by atoms with Crippen molar-refractivity contribution in [1.82, 2.24) is 0 Å². The van der Waals surface area contributed by atoms with Gasteiger partial charge in [-0.25, -0.2) is 0 Å². The summed E-state index contributed by atoms with van der Waals surface area (Å²) in [7, 11) is 0. The number of alkyl halides is 12. The minimum Gasteiger partial charge on any atom is -0.166 e. The molecule has 0 unspecified atom stereocenters. The van der Waals surface area contributed by atoms with Crippen LogP contribution in [0, 0.1) is 23.7 Å². The lowest BCUT2D eigenvalue weighted by atomic mass is 9.82. The number of hydrogen-bond donors (Lipinski definition) is 0. The monoisotopic (exact) mass is 850 g/mol. The van der Waals surface area contributed by atoms with Gasteiger partial charge in [0.25, 0.3) is 0 Å². The Balaban J connectivity index is 1.18. The van der Waals surface area contributed by atoms with E-state index in [2.05, 4.69) is 23.7 Å². The molecule has 0 aliphatic rings. The molecule has 0 atom stereocenters. The molecule has 0 heterocycles. The number of hydrogen-bond acceptors (Lipinski definition) is 0. The molecule has 9 aromatic rings. The molecule has 9 rings (SSSR count). The van der Waals surface area contributed by atoms with Gasteiger partial charge in [0, 0.05) is 22.3 Å². The maximum atomic E-state index is 13.5. The number of halogens is 12. The summed E-state index contributed by atoms with van der Waals surface area (Å²) >= 11 is 0. The Morgan fingerprint density at radius 3 is 0.774 bits per heavy atom. The molecule has 0 N–H and O–H groups in total. The van der Waals surface area contributed by atoms with Crippen LogP contribution in [-0.4, -0.2) is 0 Å². The lowest BCUT2D eigenvalue weighted by molar-refractivity contribution is -0.138. The number of rotatable bonds is 2. The standard InChI is InChI=1S/C50H22F12/c51-47(52,53)33-13-3-27(4-14-33)1-7-31-21-39-41(23-37(31)29-9-17-35(18-10-29)49(57,58)59)45-26-44-40-22-32(8-2-28-5-15-34(16-6-28)48(54,55)56)38(24-42(40)46(44)25-43(39)45)30-11-19-36(20-12-30)50(60,61)62/h3-6,9-26H. The van der Waals surface area contributed by atoms with Crippen molar-refractivity contribution in [3.8, 4) is 45.9 Å². The average Bonchev–Trinajstić information content (AvgIpc) is 3.22. The third kappa shape index (κ3) is 7.36. The van der Waals surface area contributed by atoms with E-state index in [0.717, 1.165) is 91.6 Å². The van der Waals surface area contributed by atoms with Crippen molar-refractivity contribution in [2.75, 3.05) is 0 Å². The lowest BCUT2D eigenvalue weighted by Crippen LogP contribution is -2.04. The summed E-state index contributed by atoms with van der Waals surface area (Å²) in [6.07, 6.45) is -18.2. The summed E-state index contributed by atoms with van der Waals surface area (Å²) in [5.74, 6) is 11.8. The average molecular weight is 851 g/mol. The summed E-state index contributed by atoms with van der Waals surface area (Å²) in [6.45, 7) is 0. The third-order valence-corrected chi connectivity index (χ3v) is 10.8. The molecule has 0 nitrogen and oxygen atoms in total. The van der Waals surface area contributed by atoms with Crippen LogP contribution in [0.5, 0.6) is 0 Å². The van der Waals surface area contributed by atoms with E-state index in [1.807, 2.05) is 12.1 Å². The van der Waals surface area contributed by atoms with E-state index in [-0.39, 0.29) is 11.1 Å². The summed E-state index contributed by atoms with van der Waals surface area (Å²) in [5, 5.41) is 6.38. The van der Waals surface area contributed by atoms with Gasteiger partial charge in [0.15, 0.2) is 0 Å². The smallest absolute Gasteiger partial charge is 0.166 e. The van der Waals surface area contributed by atoms with Crippen LogP contribution in [0.1, 0.15) is 44.5 Å². The van der Waals surface area contributed by atoms with Crippen molar-refractivity contribution in [1.29, 1.82) is 0 Å². The molecule has 12 heteroatoms. The van der Waals surface area contributed by atoms with Crippen LogP contribution in [0.15, 0.2) is 133 Å². The molecule has 0 aromatic heterocycles. The first kappa shape index (κ1) is 40.2. The molecule has 0 aliphatic heterocycles. The zero-order valence-electron chi connectivity index (χ0n) is 31.2. The van der Waals surface area contributed by atoms with Crippen LogP contribution < -0.4 is 0 Å². The Bertz CT molecular complexity index is 3060. The summed E-state index contributed by atoms with van der Waals surface area (Å²) < 4.78 is 160. The third-order valence-electron chi connectivity index (χ3n) is 10.8. The normalized spacial score (nSPS) is 12.6. The van der Waals surface area contributed by atoms with E-state index in [1.165, 1.54) is 48.5 Å². The first-order valence-electron chi connectivity index (χ1n) is 18.5. The molecule has 0 amide bonds. The van der Waals surface area contributed by atoms with Gasteiger partial charge in [-0.2, -0.15) is 52.7 Å². The molecule has 9 aromatic carbocycles. The molecular formula is C50H22F12. The van der Waals surface area contributed by atoms with Crippen molar-refractivity contribution >= 4 is 43.1 Å². The van der Waals surface area contributed by atoms with Crippen LogP contribution in [0.3, 0.4) is 0 Å². The number of fused-ring (bicyclic) bond motifs is 8. The maximum Gasteiger partial charge on any atom is 0.416 e. The molecule has 0 spiro atoms. The van der Waals surface area contributed by atoms with Gasteiger partial charge in [-0.15, -0.1) is 0 Å². The Labute approximate surface area is 343 Å². The molecule has 0 saturated carbocycles. The second kappa shape index (κ2) is 14.2. The topological polar surface area (TPSA) is 0 Å². The minimum absolute atomic E-state index is 0.282. The van der Waals surface area contributed by atoms with E-state index in [4.69, 9.17) is 0 Å². The summed E-state index contributed by atoms with van der Waals surface area (Å²) in [5.41, 5.74) is -0.173. The van der Waals surface area contributed by atoms with E-state index >= 15 is 0 Å². The van der Waals surface area contributed by atoms with Crippen molar-refractivity contribution in [3.05, 3.63) is 178 Å². The van der Waals surface area contributed by atoms with E-state index in [0.29, 0.717) is 33.4 Å². The van der Waals surface area contributed by atoms with Crippen LogP contribution in [0.25, 0.3) is 65.3 Å². The number of benzene rings is 7. The van der Waals surface area contributed by atoms with Crippen molar-refractivity contribution < 1.29 is 52.7 Å². The summed E-state index contributed by atoms with van der Waals surface area (Å²) in [4.78, 5) is 0. The highest BCUT2D eigenvalue weighted by Crippen LogP contribution is 2.47. The van der Waals surface area contributed by atoms with Gasteiger partial charge in [-0.3, -0.25) is 0 Å². The highest BCUT2D eigenvalue weighted by molar-refractivity contribution is 6.35. The zero-order chi connectivity index (χ0) is 43.9. The summed E-state index contributed by atoms with van der Waals surface area (Å²) in [6, 6.07) is 28.7. The van der Waals surface area contributed by atoms with Gasteiger partial charge in [-0.1, -0.05) is 47.9 Å². The Kier molecular flexibility index (Phi) is 9.22. The van der Waals surface area contributed by atoms with Gasteiger partial charge >= 0.3 is 24.7 Å². The Hall–Kier alpha value is -7.18. The largest absolute Gasteiger partial charge is 0.416 e. The van der Waals surface area contributed by atoms with Crippen LogP contribution >= 0.6 is 0 Å². The van der Waals surface area contributed by atoms with E-state index < -0.39 is 47.0 Å². The first-order valence-corrected chi connectivity index (χ1v) is 18.5.